The summed E-state index contributed by atoms with van der Waals surface area (Å²) >= 11 is 0. The fourth-order valence-electron chi connectivity index (χ4n) is 3.51. The standard InChI is InChI=1S/C17H32N2O/c1-5-15(4)16(20)19-10-7-17(8-11-19)12-18(13-17)9-6-14(2)3/h14-15H,5-13H2,1-4H3. The predicted octanol–water partition coefficient (Wildman–Crippen LogP) is 3.00. The Hall–Kier alpha value is -0.570. The van der Waals surface area contributed by atoms with Crippen molar-refractivity contribution in [3.63, 3.8) is 0 Å². The Balaban J connectivity index is 1.72. The van der Waals surface area contributed by atoms with Crippen molar-refractivity contribution in [2.24, 2.45) is 17.3 Å². The van der Waals surface area contributed by atoms with Gasteiger partial charge in [0.15, 0.2) is 0 Å². The summed E-state index contributed by atoms with van der Waals surface area (Å²) in [6, 6.07) is 0. The van der Waals surface area contributed by atoms with Gasteiger partial charge in [-0.1, -0.05) is 27.7 Å². The minimum absolute atomic E-state index is 0.202. The van der Waals surface area contributed by atoms with Crippen LogP contribution in [0.15, 0.2) is 0 Å². The van der Waals surface area contributed by atoms with Crippen molar-refractivity contribution in [3.05, 3.63) is 0 Å². The molecule has 0 aromatic rings. The summed E-state index contributed by atoms with van der Waals surface area (Å²) in [6.45, 7) is 14.5. The molecule has 0 radical (unpaired) electrons. The minimum atomic E-state index is 0.202. The molecule has 1 unspecified atom stereocenters. The molecule has 2 fully saturated rings. The van der Waals surface area contributed by atoms with E-state index in [9.17, 15) is 4.79 Å². The molecule has 2 heterocycles. The van der Waals surface area contributed by atoms with Gasteiger partial charge in [0.05, 0.1) is 0 Å². The largest absolute Gasteiger partial charge is 0.342 e. The first-order chi connectivity index (χ1) is 9.46. The highest BCUT2D eigenvalue weighted by molar-refractivity contribution is 5.78. The maximum Gasteiger partial charge on any atom is 0.225 e. The van der Waals surface area contributed by atoms with Gasteiger partial charge in [0.1, 0.15) is 0 Å². The second-order valence-corrected chi connectivity index (χ2v) is 7.53. The van der Waals surface area contributed by atoms with E-state index in [0.717, 1.165) is 25.4 Å². The van der Waals surface area contributed by atoms with Crippen molar-refractivity contribution in [3.8, 4) is 0 Å². The third kappa shape index (κ3) is 3.55. The smallest absolute Gasteiger partial charge is 0.225 e. The summed E-state index contributed by atoms with van der Waals surface area (Å²) in [4.78, 5) is 16.9. The Morgan fingerprint density at radius 2 is 1.75 bits per heavy atom. The van der Waals surface area contributed by atoms with E-state index in [1.807, 2.05) is 0 Å². The fourth-order valence-corrected chi connectivity index (χ4v) is 3.51. The van der Waals surface area contributed by atoms with E-state index in [-0.39, 0.29) is 5.92 Å². The topological polar surface area (TPSA) is 23.6 Å². The fraction of sp³-hybridized carbons (Fsp3) is 0.941. The normalized spacial score (nSPS) is 23.9. The van der Waals surface area contributed by atoms with Gasteiger partial charge < -0.3 is 9.80 Å². The lowest BCUT2D eigenvalue weighted by Crippen LogP contribution is -2.61. The van der Waals surface area contributed by atoms with Crippen LogP contribution in [-0.2, 0) is 4.79 Å². The van der Waals surface area contributed by atoms with Gasteiger partial charge >= 0.3 is 0 Å². The van der Waals surface area contributed by atoms with Crippen LogP contribution in [0.1, 0.15) is 53.4 Å². The minimum Gasteiger partial charge on any atom is -0.342 e. The Bertz CT molecular complexity index is 324. The highest BCUT2D eigenvalue weighted by Gasteiger charge is 2.45. The van der Waals surface area contributed by atoms with Gasteiger partial charge in [0.25, 0.3) is 0 Å². The van der Waals surface area contributed by atoms with Crippen molar-refractivity contribution >= 4 is 5.91 Å². The number of rotatable bonds is 5. The van der Waals surface area contributed by atoms with Gasteiger partial charge in [-0.2, -0.15) is 0 Å². The quantitative estimate of drug-likeness (QED) is 0.773. The summed E-state index contributed by atoms with van der Waals surface area (Å²) in [5.74, 6) is 1.38. The van der Waals surface area contributed by atoms with Gasteiger partial charge in [0, 0.05) is 32.1 Å². The second-order valence-electron chi connectivity index (χ2n) is 7.53. The molecule has 2 rings (SSSR count). The lowest BCUT2D eigenvalue weighted by Gasteiger charge is -2.54. The molecule has 0 aromatic carbocycles. The first-order valence-electron chi connectivity index (χ1n) is 8.47. The van der Waals surface area contributed by atoms with Crippen LogP contribution in [0, 0.1) is 17.3 Å². The van der Waals surface area contributed by atoms with Crippen molar-refractivity contribution in [2.75, 3.05) is 32.7 Å². The molecule has 1 spiro atoms. The molecule has 1 amide bonds. The van der Waals surface area contributed by atoms with E-state index < -0.39 is 0 Å². The summed E-state index contributed by atoms with van der Waals surface area (Å²) in [7, 11) is 0. The molecule has 116 valence electrons. The maximum atomic E-state index is 12.2. The summed E-state index contributed by atoms with van der Waals surface area (Å²) in [5.41, 5.74) is 0.545. The van der Waals surface area contributed by atoms with Gasteiger partial charge in [-0.05, 0) is 43.6 Å². The number of nitrogens with zero attached hydrogens (tertiary/aromatic N) is 2. The second kappa shape index (κ2) is 6.46. The Kier molecular flexibility index (Phi) is 5.11. The van der Waals surface area contributed by atoms with E-state index >= 15 is 0 Å². The molecule has 0 bridgehead atoms. The molecule has 3 heteroatoms. The number of amides is 1. The van der Waals surface area contributed by atoms with Gasteiger partial charge in [-0.25, -0.2) is 0 Å². The van der Waals surface area contributed by atoms with Crippen LogP contribution < -0.4 is 0 Å². The zero-order chi connectivity index (χ0) is 14.8. The van der Waals surface area contributed by atoms with Crippen molar-refractivity contribution in [2.45, 2.75) is 53.4 Å². The number of piperidine rings is 1. The van der Waals surface area contributed by atoms with Crippen LogP contribution in [0.2, 0.25) is 0 Å². The maximum absolute atomic E-state index is 12.2. The summed E-state index contributed by atoms with van der Waals surface area (Å²) in [6.07, 6.45) is 4.71. The molecule has 20 heavy (non-hydrogen) atoms. The Morgan fingerprint density at radius 3 is 2.25 bits per heavy atom. The molecular formula is C17H32N2O. The zero-order valence-electron chi connectivity index (χ0n) is 13.8. The molecular weight excluding hydrogens is 248 g/mol. The van der Waals surface area contributed by atoms with Crippen LogP contribution in [-0.4, -0.2) is 48.4 Å². The number of carbonyl (C=O) groups excluding carboxylic acids is 1. The molecule has 2 aliphatic heterocycles. The van der Waals surface area contributed by atoms with Crippen molar-refractivity contribution in [1.29, 1.82) is 0 Å². The SMILES string of the molecule is CCC(C)C(=O)N1CCC2(CC1)CN(CCC(C)C)C2. The van der Waals surface area contributed by atoms with Crippen molar-refractivity contribution in [1.82, 2.24) is 9.80 Å². The van der Waals surface area contributed by atoms with Gasteiger partial charge in [-0.15, -0.1) is 0 Å². The molecule has 1 atom stereocenters. The highest BCUT2D eigenvalue weighted by Crippen LogP contribution is 2.40. The van der Waals surface area contributed by atoms with Crippen LogP contribution >= 0.6 is 0 Å². The van der Waals surface area contributed by atoms with Crippen molar-refractivity contribution < 1.29 is 4.79 Å². The number of hydrogen-bond acceptors (Lipinski definition) is 2. The molecule has 0 aromatic heterocycles. The third-order valence-corrected chi connectivity index (χ3v) is 5.31. The van der Waals surface area contributed by atoms with Gasteiger partial charge in [-0.3, -0.25) is 4.79 Å². The first kappa shape index (κ1) is 15.8. The summed E-state index contributed by atoms with van der Waals surface area (Å²) < 4.78 is 0. The molecule has 0 aliphatic carbocycles. The van der Waals surface area contributed by atoms with Gasteiger partial charge in [0.2, 0.25) is 5.91 Å². The van der Waals surface area contributed by atoms with Crippen LogP contribution in [0.4, 0.5) is 0 Å². The number of carbonyl (C=O) groups is 1. The molecule has 0 N–H and O–H groups in total. The van der Waals surface area contributed by atoms with E-state index in [4.69, 9.17) is 0 Å². The van der Waals surface area contributed by atoms with Crippen LogP contribution in [0.5, 0.6) is 0 Å². The zero-order valence-corrected chi connectivity index (χ0v) is 13.8. The average molecular weight is 280 g/mol. The number of likely N-dealkylation sites (tertiary alicyclic amines) is 2. The Morgan fingerprint density at radius 1 is 1.15 bits per heavy atom. The van der Waals surface area contributed by atoms with E-state index in [1.165, 1.54) is 38.9 Å². The first-order valence-corrected chi connectivity index (χ1v) is 8.47. The lowest BCUT2D eigenvalue weighted by atomic mass is 9.71. The van der Waals surface area contributed by atoms with E-state index in [0.29, 0.717) is 11.3 Å². The third-order valence-electron chi connectivity index (χ3n) is 5.31. The predicted molar refractivity (Wildman–Crippen MR) is 83.6 cm³/mol. The molecule has 2 aliphatic rings. The van der Waals surface area contributed by atoms with E-state index in [1.54, 1.807) is 0 Å². The van der Waals surface area contributed by atoms with Crippen LogP contribution in [0.3, 0.4) is 0 Å². The average Bonchev–Trinajstić information content (AvgIpc) is 2.41. The molecule has 0 saturated carbocycles. The monoisotopic (exact) mass is 280 g/mol. The van der Waals surface area contributed by atoms with Crippen LogP contribution in [0.25, 0.3) is 0 Å². The summed E-state index contributed by atoms with van der Waals surface area (Å²) in [5, 5.41) is 0. The molecule has 2 saturated heterocycles. The van der Waals surface area contributed by atoms with E-state index in [2.05, 4.69) is 37.5 Å². The highest BCUT2D eigenvalue weighted by atomic mass is 16.2. The molecule has 3 nitrogen and oxygen atoms in total. The lowest BCUT2D eigenvalue weighted by molar-refractivity contribution is -0.140. The number of hydrogen-bond donors (Lipinski definition) is 0. The Labute approximate surface area is 124 Å².